The highest BCUT2D eigenvalue weighted by Gasteiger charge is 2.31. The molecule has 0 radical (unpaired) electrons. The molecule has 0 saturated heterocycles. The smallest absolute Gasteiger partial charge is 0.406 e. The van der Waals surface area contributed by atoms with E-state index in [1.54, 1.807) is 6.92 Å². The van der Waals surface area contributed by atoms with Gasteiger partial charge < -0.3 is 10.1 Å². The van der Waals surface area contributed by atoms with Crippen molar-refractivity contribution in [2.45, 2.75) is 13.3 Å². The molecule has 0 aliphatic heterocycles. The lowest BCUT2D eigenvalue weighted by Gasteiger charge is -2.10. The molecule has 2 rings (SSSR count). The zero-order chi connectivity index (χ0) is 15.5. The van der Waals surface area contributed by atoms with Crippen LogP contribution in [0, 0.1) is 6.92 Å². The average molecular weight is 297 g/mol. The molecule has 110 valence electrons. The maximum absolute atomic E-state index is 12.1. The van der Waals surface area contributed by atoms with Crippen LogP contribution in [0.1, 0.15) is 16.3 Å². The molecule has 0 bridgehead atoms. The van der Waals surface area contributed by atoms with Gasteiger partial charge in [0.15, 0.2) is 0 Å². The van der Waals surface area contributed by atoms with Crippen molar-refractivity contribution in [2.24, 2.45) is 0 Å². The van der Waals surface area contributed by atoms with Crippen molar-refractivity contribution in [3.8, 4) is 5.75 Å². The normalized spacial score (nSPS) is 11.0. The first-order valence-electron chi connectivity index (χ1n) is 5.80. The fourth-order valence-electron chi connectivity index (χ4n) is 1.55. The Bertz CT molecular complexity index is 659. The number of rotatable bonds is 3. The molecule has 0 fully saturated rings. The standard InChI is InChI=1S/C13H10F3N3O2/c1-8-17-6-5-11(18-8)12(20)19-9-3-2-4-10(7-9)21-13(14,15)16/h2-7H,1H3,(H,19,20). The molecular weight excluding hydrogens is 287 g/mol. The summed E-state index contributed by atoms with van der Waals surface area (Å²) in [4.78, 5) is 19.7. The minimum Gasteiger partial charge on any atom is -0.406 e. The Balaban J connectivity index is 2.13. The Hall–Kier alpha value is -2.64. The van der Waals surface area contributed by atoms with E-state index in [0.29, 0.717) is 5.82 Å². The minimum absolute atomic E-state index is 0.115. The third-order valence-corrected chi connectivity index (χ3v) is 2.33. The van der Waals surface area contributed by atoms with Crippen LogP contribution in [0.15, 0.2) is 36.5 Å². The van der Waals surface area contributed by atoms with Crippen LogP contribution in [0.5, 0.6) is 5.75 Å². The summed E-state index contributed by atoms with van der Waals surface area (Å²) in [6, 6.07) is 6.38. The number of aromatic nitrogens is 2. The highest BCUT2D eigenvalue weighted by Crippen LogP contribution is 2.25. The van der Waals surface area contributed by atoms with E-state index in [1.165, 1.54) is 24.4 Å². The molecule has 21 heavy (non-hydrogen) atoms. The van der Waals surface area contributed by atoms with Crippen molar-refractivity contribution < 1.29 is 22.7 Å². The number of nitrogens with one attached hydrogen (secondary N) is 1. The van der Waals surface area contributed by atoms with E-state index in [1.807, 2.05) is 0 Å². The van der Waals surface area contributed by atoms with Crippen LogP contribution in [0.2, 0.25) is 0 Å². The zero-order valence-corrected chi connectivity index (χ0v) is 10.8. The molecule has 0 aliphatic carbocycles. The van der Waals surface area contributed by atoms with Crippen molar-refractivity contribution in [2.75, 3.05) is 5.32 Å². The highest BCUT2D eigenvalue weighted by atomic mass is 19.4. The Morgan fingerprint density at radius 1 is 1.29 bits per heavy atom. The topological polar surface area (TPSA) is 64.1 Å². The Kier molecular flexibility index (Phi) is 4.06. The molecule has 1 heterocycles. The molecule has 1 aromatic heterocycles. The summed E-state index contributed by atoms with van der Waals surface area (Å²) >= 11 is 0. The number of aryl methyl sites for hydroxylation is 1. The number of carbonyl (C=O) groups excluding carboxylic acids is 1. The number of benzene rings is 1. The van der Waals surface area contributed by atoms with Gasteiger partial charge in [-0.05, 0) is 25.1 Å². The summed E-state index contributed by atoms with van der Waals surface area (Å²) < 4.78 is 40.1. The molecule has 1 N–H and O–H groups in total. The second-order valence-corrected chi connectivity index (χ2v) is 4.02. The predicted octanol–water partition coefficient (Wildman–Crippen LogP) is 2.94. The summed E-state index contributed by atoms with van der Waals surface area (Å²) in [5, 5.41) is 2.44. The number of ether oxygens (including phenoxy) is 1. The van der Waals surface area contributed by atoms with Gasteiger partial charge in [-0.15, -0.1) is 13.2 Å². The van der Waals surface area contributed by atoms with Gasteiger partial charge in [-0.25, -0.2) is 9.97 Å². The SMILES string of the molecule is Cc1nccc(C(=O)Nc2cccc(OC(F)(F)F)c2)n1. The van der Waals surface area contributed by atoms with E-state index in [2.05, 4.69) is 20.0 Å². The monoisotopic (exact) mass is 297 g/mol. The highest BCUT2D eigenvalue weighted by molar-refractivity contribution is 6.02. The number of alkyl halides is 3. The molecule has 0 aliphatic rings. The summed E-state index contributed by atoms with van der Waals surface area (Å²) in [6.07, 6.45) is -3.37. The Morgan fingerprint density at radius 2 is 2.05 bits per heavy atom. The Morgan fingerprint density at radius 3 is 2.71 bits per heavy atom. The predicted molar refractivity (Wildman–Crippen MR) is 67.8 cm³/mol. The van der Waals surface area contributed by atoms with Gasteiger partial charge in [0, 0.05) is 18.0 Å². The largest absolute Gasteiger partial charge is 0.573 e. The maximum Gasteiger partial charge on any atom is 0.573 e. The lowest BCUT2D eigenvalue weighted by Crippen LogP contribution is -2.18. The Labute approximate surface area is 117 Å². The summed E-state index contributed by atoms with van der Waals surface area (Å²) in [5.41, 5.74) is 0.280. The first kappa shape index (κ1) is 14.8. The van der Waals surface area contributed by atoms with E-state index in [-0.39, 0.29) is 11.4 Å². The van der Waals surface area contributed by atoms with Crippen molar-refractivity contribution in [1.82, 2.24) is 9.97 Å². The first-order valence-corrected chi connectivity index (χ1v) is 5.80. The lowest BCUT2D eigenvalue weighted by atomic mass is 10.3. The van der Waals surface area contributed by atoms with E-state index in [0.717, 1.165) is 12.1 Å². The van der Waals surface area contributed by atoms with Gasteiger partial charge in [0.1, 0.15) is 17.3 Å². The molecule has 0 spiro atoms. The van der Waals surface area contributed by atoms with Crippen LogP contribution in [-0.4, -0.2) is 22.2 Å². The van der Waals surface area contributed by atoms with Crippen molar-refractivity contribution >= 4 is 11.6 Å². The van der Waals surface area contributed by atoms with Crippen LogP contribution in [-0.2, 0) is 0 Å². The van der Waals surface area contributed by atoms with Gasteiger partial charge in [0.25, 0.3) is 5.91 Å². The molecule has 2 aromatic rings. The number of nitrogens with zero attached hydrogens (tertiary/aromatic N) is 2. The molecule has 0 saturated carbocycles. The van der Waals surface area contributed by atoms with E-state index in [4.69, 9.17) is 0 Å². The number of anilines is 1. The van der Waals surface area contributed by atoms with E-state index in [9.17, 15) is 18.0 Å². The number of hydrogen-bond acceptors (Lipinski definition) is 4. The third-order valence-electron chi connectivity index (χ3n) is 2.33. The summed E-state index contributed by atoms with van der Waals surface area (Å²) in [6.45, 7) is 1.62. The zero-order valence-electron chi connectivity index (χ0n) is 10.8. The van der Waals surface area contributed by atoms with Gasteiger partial charge >= 0.3 is 6.36 Å². The summed E-state index contributed by atoms with van der Waals surface area (Å²) in [5.74, 6) is -0.555. The second kappa shape index (κ2) is 5.78. The minimum atomic E-state index is -4.79. The molecule has 5 nitrogen and oxygen atoms in total. The second-order valence-electron chi connectivity index (χ2n) is 4.02. The van der Waals surface area contributed by atoms with Crippen molar-refractivity contribution in [1.29, 1.82) is 0 Å². The maximum atomic E-state index is 12.1. The van der Waals surface area contributed by atoms with Crippen LogP contribution in [0.25, 0.3) is 0 Å². The molecule has 8 heteroatoms. The van der Waals surface area contributed by atoms with Crippen molar-refractivity contribution in [3.63, 3.8) is 0 Å². The molecular formula is C13H10F3N3O2. The number of hydrogen-bond donors (Lipinski definition) is 1. The van der Waals surface area contributed by atoms with Crippen molar-refractivity contribution in [3.05, 3.63) is 48.0 Å². The van der Waals surface area contributed by atoms with Crippen LogP contribution in [0.3, 0.4) is 0 Å². The number of carbonyl (C=O) groups is 1. The van der Waals surface area contributed by atoms with Gasteiger partial charge in [0.2, 0.25) is 0 Å². The van der Waals surface area contributed by atoms with Crippen LogP contribution in [0.4, 0.5) is 18.9 Å². The number of halogens is 3. The quantitative estimate of drug-likeness (QED) is 0.946. The molecule has 0 atom stereocenters. The van der Waals surface area contributed by atoms with Crippen LogP contribution < -0.4 is 10.1 Å². The van der Waals surface area contributed by atoms with Crippen LogP contribution >= 0.6 is 0 Å². The fraction of sp³-hybridized carbons (Fsp3) is 0.154. The van der Waals surface area contributed by atoms with E-state index >= 15 is 0 Å². The molecule has 1 amide bonds. The average Bonchev–Trinajstić information content (AvgIpc) is 2.37. The lowest BCUT2D eigenvalue weighted by molar-refractivity contribution is -0.274. The fourth-order valence-corrected chi connectivity index (χ4v) is 1.55. The van der Waals surface area contributed by atoms with E-state index < -0.39 is 18.0 Å². The number of amides is 1. The van der Waals surface area contributed by atoms with Gasteiger partial charge in [-0.3, -0.25) is 4.79 Å². The summed E-state index contributed by atoms with van der Waals surface area (Å²) in [7, 11) is 0. The van der Waals surface area contributed by atoms with Gasteiger partial charge in [-0.2, -0.15) is 0 Å². The molecule has 0 unspecified atom stereocenters. The van der Waals surface area contributed by atoms with Gasteiger partial charge in [-0.1, -0.05) is 6.07 Å². The molecule has 1 aromatic carbocycles. The van der Waals surface area contributed by atoms with Gasteiger partial charge in [0.05, 0.1) is 0 Å². The first-order chi connectivity index (χ1) is 9.83. The third kappa shape index (κ3) is 4.44.